The average Bonchev–Trinajstić information content (AvgIpc) is 4.01. The lowest BCUT2D eigenvalue weighted by Crippen LogP contribution is -2.66. The van der Waals surface area contributed by atoms with Crippen LogP contribution in [0.25, 0.3) is 5.57 Å². The molecule has 324 valence electrons. The van der Waals surface area contributed by atoms with Gasteiger partial charge in [0.05, 0.1) is 18.7 Å². The van der Waals surface area contributed by atoms with Crippen molar-refractivity contribution in [3.8, 4) is 5.75 Å². The standard InChI is InChI=1S/C47H58Cl3N3O7/c1-29-13-14-30(2)41(31(29)3)58-24-22-32-15-17-34(18-16-32)38-25-37-27-51(43(56)59-45(4,5)6)28-39(53(37)44(57)60-46(7,8)47(48,49)50)40(38)42(55)52(36-19-20-36)26-35-12-10-9-11-33(35)21-23-54/h9-18,36-37,39,54H,19-28H2,1-8H3. The van der Waals surface area contributed by atoms with Crippen LogP contribution in [0, 0.1) is 20.8 Å². The Morgan fingerprint density at radius 1 is 0.817 bits per heavy atom. The summed E-state index contributed by atoms with van der Waals surface area (Å²) in [7, 11) is 0. The largest absolute Gasteiger partial charge is 0.493 e. The first-order valence-electron chi connectivity index (χ1n) is 20.8. The van der Waals surface area contributed by atoms with Crippen molar-refractivity contribution < 1.29 is 33.7 Å². The molecule has 2 heterocycles. The van der Waals surface area contributed by atoms with Gasteiger partial charge < -0.3 is 29.1 Å². The van der Waals surface area contributed by atoms with Crippen molar-refractivity contribution in [2.75, 3.05) is 26.3 Å². The Hall–Kier alpha value is -3.96. The Morgan fingerprint density at radius 2 is 1.47 bits per heavy atom. The number of hydrogen-bond donors (Lipinski definition) is 1. The number of carbonyl (C=O) groups is 3. The number of aryl methyl sites for hydroxylation is 2. The molecule has 6 rings (SSSR count). The molecule has 2 fully saturated rings. The van der Waals surface area contributed by atoms with Gasteiger partial charge in [0.1, 0.15) is 11.4 Å². The zero-order valence-electron chi connectivity index (χ0n) is 35.9. The maximum atomic E-state index is 15.5. The number of aliphatic hydroxyl groups excluding tert-OH is 1. The lowest BCUT2D eigenvalue weighted by atomic mass is 9.81. The average molecular weight is 883 g/mol. The minimum atomic E-state index is -1.95. The summed E-state index contributed by atoms with van der Waals surface area (Å²) in [5.74, 6) is 0.675. The lowest BCUT2D eigenvalue weighted by Gasteiger charge is -2.51. The number of benzene rings is 3. The van der Waals surface area contributed by atoms with Gasteiger partial charge in [-0.1, -0.05) is 95.5 Å². The third-order valence-corrected chi connectivity index (χ3v) is 13.0. The molecule has 60 heavy (non-hydrogen) atoms. The van der Waals surface area contributed by atoms with Crippen molar-refractivity contribution in [3.63, 3.8) is 0 Å². The van der Waals surface area contributed by atoms with Crippen molar-refractivity contribution >= 4 is 58.5 Å². The van der Waals surface area contributed by atoms with Gasteiger partial charge in [0.2, 0.25) is 3.79 Å². The van der Waals surface area contributed by atoms with Gasteiger partial charge in [0, 0.05) is 44.3 Å². The molecular formula is C47H58Cl3N3O7. The molecule has 0 radical (unpaired) electrons. The first kappa shape index (κ1) is 45.6. The van der Waals surface area contributed by atoms with E-state index in [4.69, 9.17) is 49.0 Å². The van der Waals surface area contributed by atoms with Gasteiger partial charge in [-0.15, -0.1) is 0 Å². The molecule has 3 aliphatic rings. The van der Waals surface area contributed by atoms with Crippen LogP contribution in [0.15, 0.2) is 66.2 Å². The maximum absolute atomic E-state index is 15.5. The van der Waals surface area contributed by atoms with Crippen LogP contribution in [0.2, 0.25) is 0 Å². The molecule has 0 aromatic heterocycles. The molecule has 3 aromatic carbocycles. The number of fused-ring (bicyclic) bond motifs is 2. The van der Waals surface area contributed by atoms with E-state index in [2.05, 4.69) is 45.0 Å². The normalized spacial score (nSPS) is 18.3. The molecule has 3 aromatic rings. The maximum Gasteiger partial charge on any atom is 0.411 e. The summed E-state index contributed by atoms with van der Waals surface area (Å²) in [6.45, 7) is 15.5. The van der Waals surface area contributed by atoms with Crippen LogP contribution in [-0.4, -0.2) is 97.3 Å². The number of amides is 3. The van der Waals surface area contributed by atoms with Crippen LogP contribution < -0.4 is 4.74 Å². The van der Waals surface area contributed by atoms with Crippen molar-refractivity contribution in [2.45, 2.75) is 127 Å². The van der Waals surface area contributed by atoms with Crippen molar-refractivity contribution in [1.29, 1.82) is 0 Å². The van der Waals surface area contributed by atoms with E-state index in [0.717, 1.165) is 57.5 Å². The smallest absolute Gasteiger partial charge is 0.411 e. The minimum Gasteiger partial charge on any atom is -0.493 e. The highest BCUT2D eigenvalue weighted by Gasteiger charge is 2.53. The predicted molar refractivity (Wildman–Crippen MR) is 237 cm³/mol. The first-order chi connectivity index (χ1) is 28.2. The molecule has 2 bridgehead atoms. The molecular weight excluding hydrogens is 825 g/mol. The third kappa shape index (κ3) is 10.4. The molecule has 13 heteroatoms. The monoisotopic (exact) mass is 881 g/mol. The molecule has 2 unspecified atom stereocenters. The lowest BCUT2D eigenvalue weighted by molar-refractivity contribution is -0.129. The van der Waals surface area contributed by atoms with Crippen LogP contribution in [0.4, 0.5) is 9.59 Å². The second kappa shape index (κ2) is 18.2. The van der Waals surface area contributed by atoms with Gasteiger partial charge in [0.15, 0.2) is 5.60 Å². The van der Waals surface area contributed by atoms with Crippen LogP contribution in [0.1, 0.15) is 92.8 Å². The Balaban J connectivity index is 1.41. The fraction of sp³-hybridized carbons (Fsp3) is 0.511. The summed E-state index contributed by atoms with van der Waals surface area (Å²) in [6.07, 6.45) is 1.73. The second-order valence-corrected chi connectivity index (χ2v) is 20.1. The number of ether oxygens (including phenoxy) is 3. The zero-order chi connectivity index (χ0) is 43.7. The van der Waals surface area contributed by atoms with E-state index in [1.807, 2.05) is 41.3 Å². The number of carbonyl (C=O) groups excluding carboxylic acids is 3. The molecule has 1 aliphatic carbocycles. The summed E-state index contributed by atoms with van der Waals surface area (Å²) >= 11 is 18.9. The van der Waals surface area contributed by atoms with Crippen molar-refractivity contribution in [1.82, 2.24) is 14.7 Å². The Kier molecular flexibility index (Phi) is 13.8. The number of aliphatic hydroxyl groups is 1. The van der Waals surface area contributed by atoms with Gasteiger partial charge in [-0.3, -0.25) is 9.69 Å². The summed E-state index contributed by atoms with van der Waals surface area (Å²) in [5, 5.41) is 9.86. The third-order valence-electron chi connectivity index (χ3n) is 11.7. The Bertz CT molecular complexity index is 2100. The molecule has 2 aliphatic heterocycles. The molecule has 0 spiro atoms. The van der Waals surface area contributed by atoms with Crippen LogP contribution in [0.5, 0.6) is 5.75 Å². The van der Waals surface area contributed by atoms with Gasteiger partial charge in [-0.25, -0.2) is 9.59 Å². The van der Waals surface area contributed by atoms with E-state index in [1.54, 1.807) is 30.6 Å². The van der Waals surface area contributed by atoms with E-state index in [1.165, 1.54) is 19.4 Å². The van der Waals surface area contributed by atoms with Gasteiger partial charge in [-0.2, -0.15) is 0 Å². The number of piperazine rings is 1. The summed E-state index contributed by atoms with van der Waals surface area (Å²) < 4.78 is 16.1. The molecule has 10 nitrogen and oxygen atoms in total. The van der Waals surface area contributed by atoms with Crippen molar-refractivity contribution in [2.24, 2.45) is 0 Å². The van der Waals surface area contributed by atoms with E-state index in [0.29, 0.717) is 31.6 Å². The highest BCUT2D eigenvalue weighted by Crippen LogP contribution is 2.45. The van der Waals surface area contributed by atoms with E-state index >= 15 is 4.79 Å². The highest BCUT2D eigenvalue weighted by atomic mass is 35.6. The van der Waals surface area contributed by atoms with Gasteiger partial charge >= 0.3 is 12.2 Å². The van der Waals surface area contributed by atoms with Crippen molar-refractivity contribution in [3.05, 3.63) is 105 Å². The fourth-order valence-corrected chi connectivity index (χ4v) is 8.11. The van der Waals surface area contributed by atoms with Crippen LogP contribution in [-0.2, 0) is 33.7 Å². The summed E-state index contributed by atoms with van der Waals surface area (Å²) in [4.78, 5) is 48.7. The summed E-state index contributed by atoms with van der Waals surface area (Å²) in [6, 6.07) is 18.6. The van der Waals surface area contributed by atoms with Gasteiger partial charge in [0.25, 0.3) is 5.91 Å². The fourth-order valence-electron chi connectivity index (χ4n) is 7.99. The quantitative estimate of drug-likeness (QED) is 0.181. The van der Waals surface area contributed by atoms with E-state index < -0.39 is 39.3 Å². The topological polar surface area (TPSA) is 109 Å². The molecule has 1 N–H and O–H groups in total. The SMILES string of the molecule is Cc1ccc(C)c(OCCc2ccc(C3=C(C(=O)N(Cc4ccccc4CCO)C4CC4)C4CN(C(=O)OC(C)(C)C)CC(C3)N4C(=O)OC(C)(C)C(Cl)(Cl)Cl)cc2)c1C. The molecule has 2 atom stereocenters. The number of halogens is 3. The van der Waals surface area contributed by atoms with Gasteiger partial charge in [-0.05, 0) is 126 Å². The minimum absolute atomic E-state index is 0.0217. The highest BCUT2D eigenvalue weighted by molar-refractivity contribution is 6.68. The first-order valence-corrected chi connectivity index (χ1v) is 21.9. The van der Waals surface area contributed by atoms with E-state index in [9.17, 15) is 14.7 Å². The molecule has 1 saturated carbocycles. The number of nitrogens with zero attached hydrogens (tertiary/aromatic N) is 3. The van der Waals surface area contributed by atoms with Crippen LogP contribution >= 0.6 is 34.8 Å². The number of hydrogen-bond acceptors (Lipinski definition) is 7. The van der Waals surface area contributed by atoms with E-state index in [-0.39, 0.29) is 38.1 Å². The molecule has 1 saturated heterocycles. The Morgan fingerprint density at radius 3 is 2.08 bits per heavy atom. The molecule has 3 amide bonds. The predicted octanol–water partition coefficient (Wildman–Crippen LogP) is 9.69. The van der Waals surface area contributed by atoms with Crippen LogP contribution in [0.3, 0.4) is 0 Å². The zero-order valence-corrected chi connectivity index (χ0v) is 38.2. The number of rotatable bonds is 12. The Labute approximate surface area is 369 Å². The second-order valence-electron chi connectivity index (χ2n) is 17.8. The summed E-state index contributed by atoms with van der Waals surface area (Å²) in [5.41, 5.74) is 6.11. The number of alkyl halides is 3.